The molecule has 1 saturated heterocycles. The number of hydrogen-bond donors (Lipinski definition) is 0. The topological polar surface area (TPSA) is 55.8 Å². The van der Waals surface area contributed by atoms with Crippen molar-refractivity contribution in [1.29, 1.82) is 0 Å². The first-order valence-electron chi connectivity index (χ1n) is 6.84. The molecule has 0 saturated carbocycles. The van der Waals surface area contributed by atoms with E-state index >= 15 is 0 Å². The molecule has 1 fully saturated rings. The van der Waals surface area contributed by atoms with Gasteiger partial charge in [-0.2, -0.15) is 0 Å². The van der Waals surface area contributed by atoms with Crippen molar-refractivity contribution < 1.29 is 19.1 Å². The summed E-state index contributed by atoms with van der Waals surface area (Å²) in [6, 6.07) is 9.15. The Kier molecular flexibility index (Phi) is 5.34. The molecule has 0 aromatic heterocycles. The SMILES string of the molecule is C#C[C@H]1[C@@H](OCc2ccccc2)C(=O)N1C/C=C/C(=O)OC. The molecular weight excluding hydrogens is 282 g/mol. The lowest BCUT2D eigenvalue weighted by molar-refractivity contribution is -0.168. The first-order valence-corrected chi connectivity index (χ1v) is 6.84. The van der Waals surface area contributed by atoms with Gasteiger partial charge in [0.15, 0.2) is 6.10 Å². The Hall–Kier alpha value is -2.58. The number of methoxy groups -OCH3 is 1. The van der Waals surface area contributed by atoms with E-state index in [1.165, 1.54) is 18.1 Å². The van der Waals surface area contributed by atoms with Gasteiger partial charge in [-0.1, -0.05) is 42.3 Å². The molecule has 1 amide bonds. The van der Waals surface area contributed by atoms with Crippen LogP contribution in [-0.2, 0) is 25.7 Å². The van der Waals surface area contributed by atoms with Crippen LogP contribution in [0.1, 0.15) is 5.56 Å². The van der Waals surface area contributed by atoms with Crippen LogP contribution in [0.25, 0.3) is 0 Å². The average molecular weight is 299 g/mol. The van der Waals surface area contributed by atoms with Crippen LogP contribution in [-0.4, -0.2) is 42.6 Å². The Morgan fingerprint density at radius 1 is 1.41 bits per heavy atom. The van der Waals surface area contributed by atoms with Crippen LogP contribution >= 0.6 is 0 Å². The number of β-lactam (4-membered cyclic amide) rings is 1. The van der Waals surface area contributed by atoms with Crippen molar-refractivity contribution in [3.63, 3.8) is 0 Å². The summed E-state index contributed by atoms with van der Waals surface area (Å²) in [5, 5.41) is 0. The average Bonchev–Trinajstić information content (AvgIpc) is 2.56. The zero-order chi connectivity index (χ0) is 15.9. The fourth-order valence-electron chi connectivity index (χ4n) is 2.15. The number of ether oxygens (including phenoxy) is 2. The number of nitrogens with zero attached hydrogens (tertiary/aromatic N) is 1. The summed E-state index contributed by atoms with van der Waals surface area (Å²) < 4.78 is 10.1. The Morgan fingerprint density at radius 3 is 2.77 bits per heavy atom. The maximum Gasteiger partial charge on any atom is 0.330 e. The predicted molar refractivity (Wildman–Crippen MR) is 80.5 cm³/mol. The summed E-state index contributed by atoms with van der Waals surface area (Å²) in [6.45, 7) is 0.593. The number of benzene rings is 1. The van der Waals surface area contributed by atoms with E-state index in [1.807, 2.05) is 30.3 Å². The Bertz CT molecular complexity index is 603. The van der Waals surface area contributed by atoms with Gasteiger partial charge in [0.1, 0.15) is 6.04 Å². The van der Waals surface area contributed by atoms with Crippen LogP contribution in [0.3, 0.4) is 0 Å². The number of likely N-dealkylation sites (tertiary alicyclic amines) is 1. The van der Waals surface area contributed by atoms with Crippen LogP contribution in [0.15, 0.2) is 42.5 Å². The van der Waals surface area contributed by atoms with E-state index in [0.29, 0.717) is 6.61 Å². The normalized spacial score (nSPS) is 20.5. The summed E-state index contributed by atoms with van der Waals surface area (Å²) in [6.07, 6.45) is 7.64. The van der Waals surface area contributed by atoms with Gasteiger partial charge in [0.2, 0.25) is 0 Å². The standard InChI is InChI=1S/C17H17NO4/c1-3-14-16(22-12-13-8-5-4-6-9-13)17(20)18(14)11-7-10-15(19)21-2/h1,4-10,14,16H,11-12H2,2H3/b10-7+/t14-,16+/m0/s1. The highest BCUT2D eigenvalue weighted by atomic mass is 16.5. The van der Waals surface area contributed by atoms with Gasteiger partial charge in [-0.05, 0) is 5.56 Å². The lowest BCUT2D eigenvalue weighted by atomic mass is 9.98. The van der Waals surface area contributed by atoms with Crippen molar-refractivity contribution in [2.45, 2.75) is 18.8 Å². The zero-order valence-electron chi connectivity index (χ0n) is 12.3. The first-order chi connectivity index (χ1) is 10.7. The molecule has 1 aromatic carbocycles. The summed E-state index contributed by atoms with van der Waals surface area (Å²) >= 11 is 0. The number of rotatable bonds is 6. The van der Waals surface area contributed by atoms with Crippen molar-refractivity contribution in [2.75, 3.05) is 13.7 Å². The number of amides is 1. The van der Waals surface area contributed by atoms with Gasteiger partial charge in [-0.15, -0.1) is 6.42 Å². The highest BCUT2D eigenvalue weighted by molar-refractivity contribution is 5.90. The molecular formula is C17H17NO4. The first kappa shape index (κ1) is 15.8. The van der Waals surface area contributed by atoms with Crippen molar-refractivity contribution in [3.05, 3.63) is 48.0 Å². The molecule has 22 heavy (non-hydrogen) atoms. The molecule has 1 heterocycles. The molecule has 0 bridgehead atoms. The third-order valence-corrected chi connectivity index (χ3v) is 3.35. The van der Waals surface area contributed by atoms with Gasteiger partial charge in [0.05, 0.1) is 13.7 Å². The van der Waals surface area contributed by atoms with E-state index in [9.17, 15) is 9.59 Å². The molecule has 1 aromatic rings. The van der Waals surface area contributed by atoms with Crippen molar-refractivity contribution in [3.8, 4) is 12.3 Å². The molecule has 0 aliphatic carbocycles. The summed E-state index contributed by atoms with van der Waals surface area (Å²) in [5.74, 6) is 1.91. The van der Waals surface area contributed by atoms with Crippen LogP contribution in [0, 0.1) is 12.3 Å². The van der Waals surface area contributed by atoms with Gasteiger partial charge in [0.25, 0.3) is 5.91 Å². The third-order valence-electron chi connectivity index (χ3n) is 3.35. The Balaban J connectivity index is 1.87. The molecule has 1 aliphatic heterocycles. The minimum atomic E-state index is -0.628. The largest absolute Gasteiger partial charge is 0.466 e. The molecule has 2 atom stereocenters. The quantitative estimate of drug-likeness (QED) is 0.342. The maximum absolute atomic E-state index is 12.1. The monoisotopic (exact) mass is 299 g/mol. The van der Waals surface area contributed by atoms with E-state index < -0.39 is 18.1 Å². The number of esters is 1. The summed E-state index contributed by atoms with van der Waals surface area (Å²) in [7, 11) is 1.29. The van der Waals surface area contributed by atoms with Gasteiger partial charge in [-0.3, -0.25) is 4.79 Å². The van der Waals surface area contributed by atoms with E-state index in [2.05, 4.69) is 10.7 Å². The minimum Gasteiger partial charge on any atom is -0.466 e. The summed E-state index contributed by atoms with van der Waals surface area (Å²) in [4.78, 5) is 24.5. The smallest absolute Gasteiger partial charge is 0.330 e. The molecule has 0 spiro atoms. The molecule has 5 nitrogen and oxygen atoms in total. The van der Waals surface area contributed by atoms with Gasteiger partial charge in [-0.25, -0.2) is 4.79 Å². The maximum atomic E-state index is 12.1. The zero-order valence-corrected chi connectivity index (χ0v) is 12.3. The van der Waals surface area contributed by atoms with E-state index in [0.717, 1.165) is 5.56 Å². The van der Waals surface area contributed by atoms with Crippen molar-refractivity contribution >= 4 is 11.9 Å². The molecule has 0 N–H and O–H groups in total. The second kappa shape index (κ2) is 7.43. The number of carbonyl (C=O) groups is 2. The lowest BCUT2D eigenvalue weighted by Crippen LogP contribution is -2.64. The van der Waals surface area contributed by atoms with E-state index in [-0.39, 0.29) is 12.5 Å². The number of carbonyl (C=O) groups excluding carboxylic acids is 2. The fourth-order valence-corrected chi connectivity index (χ4v) is 2.15. The molecule has 1 aliphatic rings. The molecule has 0 unspecified atom stereocenters. The van der Waals surface area contributed by atoms with Crippen LogP contribution < -0.4 is 0 Å². The highest BCUT2D eigenvalue weighted by Crippen LogP contribution is 2.23. The Labute approximate surface area is 129 Å². The molecule has 114 valence electrons. The van der Waals surface area contributed by atoms with Crippen LogP contribution in [0.2, 0.25) is 0 Å². The predicted octanol–water partition coefficient (Wildman–Crippen LogP) is 1.15. The Morgan fingerprint density at radius 2 is 2.14 bits per heavy atom. The number of hydrogen-bond acceptors (Lipinski definition) is 4. The fraction of sp³-hybridized carbons (Fsp3) is 0.294. The van der Waals surface area contributed by atoms with Crippen molar-refractivity contribution in [1.82, 2.24) is 4.90 Å². The van der Waals surface area contributed by atoms with Gasteiger partial charge >= 0.3 is 5.97 Å². The second-order valence-corrected chi connectivity index (χ2v) is 4.74. The van der Waals surface area contributed by atoms with Crippen LogP contribution in [0.5, 0.6) is 0 Å². The van der Waals surface area contributed by atoms with Gasteiger partial charge in [0, 0.05) is 12.6 Å². The lowest BCUT2D eigenvalue weighted by Gasteiger charge is -2.43. The highest BCUT2D eigenvalue weighted by Gasteiger charge is 2.46. The molecule has 5 heteroatoms. The van der Waals surface area contributed by atoms with E-state index in [1.54, 1.807) is 6.08 Å². The van der Waals surface area contributed by atoms with Gasteiger partial charge < -0.3 is 14.4 Å². The van der Waals surface area contributed by atoms with E-state index in [4.69, 9.17) is 11.2 Å². The second-order valence-electron chi connectivity index (χ2n) is 4.74. The molecule has 0 radical (unpaired) electrons. The summed E-state index contributed by atoms with van der Waals surface area (Å²) in [5.41, 5.74) is 0.982. The van der Waals surface area contributed by atoms with Crippen molar-refractivity contribution in [2.24, 2.45) is 0 Å². The number of terminal acetylenes is 1. The molecule has 2 rings (SSSR count). The third kappa shape index (κ3) is 3.54. The minimum absolute atomic E-state index is 0.173. The van der Waals surface area contributed by atoms with Crippen LogP contribution in [0.4, 0.5) is 0 Å².